The summed E-state index contributed by atoms with van der Waals surface area (Å²) in [7, 11) is 0. The Hall–Kier alpha value is -2.86. The van der Waals surface area contributed by atoms with Gasteiger partial charge in [-0.2, -0.15) is 0 Å². The van der Waals surface area contributed by atoms with Gasteiger partial charge in [0.25, 0.3) is 5.22 Å². The van der Waals surface area contributed by atoms with Gasteiger partial charge in [-0.25, -0.2) is 0 Å². The van der Waals surface area contributed by atoms with E-state index in [4.69, 9.17) is 4.42 Å². The fraction of sp³-hybridized carbons (Fsp3) is 0.190. The molecule has 2 aromatic carbocycles. The number of nitrogens with zero attached hydrogens (tertiary/aromatic N) is 2. The number of ketones is 1. The molecule has 1 N–H and O–H groups in total. The number of aromatic nitrogens is 3. The topological polar surface area (TPSA) is 71.8 Å². The number of rotatable bonds is 5. The van der Waals surface area contributed by atoms with Crippen molar-refractivity contribution >= 4 is 28.4 Å². The second-order valence-electron chi connectivity index (χ2n) is 6.62. The van der Waals surface area contributed by atoms with E-state index in [0.717, 1.165) is 27.6 Å². The second kappa shape index (κ2) is 7.04. The Morgan fingerprint density at radius 2 is 1.85 bits per heavy atom. The number of thioether (sulfide) groups is 1. The van der Waals surface area contributed by atoms with Crippen LogP contribution < -0.4 is 0 Å². The van der Waals surface area contributed by atoms with E-state index >= 15 is 0 Å². The zero-order chi connectivity index (χ0) is 19.0. The van der Waals surface area contributed by atoms with Crippen LogP contribution in [0.3, 0.4) is 0 Å². The van der Waals surface area contributed by atoms with Gasteiger partial charge in [-0.3, -0.25) is 4.79 Å². The summed E-state index contributed by atoms with van der Waals surface area (Å²) < 4.78 is 5.79. The summed E-state index contributed by atoms with van der Waals surface area (Å²) in [5.74, 6) is 0.500. The molecule has 2 heterocycles. The number of Topliss-reactive ketones (excluding diaryl/α,β-unsaturated/α-hetero) is 1. The van der Waals surface area contributed by atoms with Crippen molar-refractivity contribution in [2.75, 3.05) is 0 Å². The zero-order valence-corrected chi connectivity index (χ0v) is 16.1. The molecule has 6 heteroatoms. The number of aromatic amines is 1. The first-order valence-corrected chi connectivity index (χ1v) is 9.58. The Morgan fingerprint density at radius 1 is 1.11 bits per heavy atom. The fourth-order valence-corrected chi connectivity index (χ4v) is 3.92. The number of aryl methyl sites for hydroxylation is 2. The summed E-state index contributed by atoms with van der Waals surface area (Å²) >= 11 is 1.28. The summed E-state index contributed by atoms with van der Waals surface area (Å²) in [5.41, 5.74) is 4.80. The molecule has 0 bridgehead atoms. The average Bonchev–Trinajstić information content (AvgIpc) is 3.27. The number of carbonyl (C=O) groups is 1. The van der Waals surface area contributed by atoms with E-state index in [9.17, 15) is 4.79 Å². The summed E-state index contributed by atoms with van der Waals surface area (Å²) in [6, 6.07) is 13.9. The Kier molecular flexibility index (Phi) is 4.58. The van der Waals surface area contributed by atoms with Crippen LogP contribution in [0, 0.1) is 13.8 Å². The summed E-state index contributed by atoms with van der Waals surface area (Å²) in [6.45, 7) is 5.92. The predicted molar refractivity (Wildman–Crippen MR) is 107 cm³/mol. The van der Waals surface area contributed by atoms with Crippen LogP contribution in [0.15, 0.2) is 58.3 Å². The quantitative estimate of drug-likeness (QED) is 0.382. The lowest BCUT2D eigenvalue weighted by molar-refractivity contribution is 0.0995. The molecule has 1 unspecified atom stereocenters. The van der Waals surface area contributed by atoms with E-state index in [1.807, 2.05) is 57.2 Å². The lowest BCUT2D eigenvalue weighted by Gasteiger charge is -2.06. The molecule has 0 aliphatic heterocycles. The molecule has 0 saturated heterocycles. The van der Waals surface area contributed by atoms with Crippen LogP contribution in [0.1, 0.15) is 28.4 Å². The first-order chi connectivity index (χ1) is 13.0. The number of hydrogen-bond donors (Lipinski definition) is 1. The van der Waals surface area contributed by atoms with E-state index in [1.165, 1.54) is 11.8 Å². The summed E-state index contributed by atoms with van der Waals surface area (Å²) in [6.07, 6.45) is 1.76. The van der Waals surface area contributed by atoms with Gasteiger partial charge in [0, 0.05) is 28.2 Å². The molecule has 4 rings (SSSR count). The maximum atomic E-state index is 12.9. The van der Waals surface area contributed by atoms with Crippen LogP contribution in [-0.2, 0) is 0 Å². The third-order valence-electron chi connectivity index (χ3n) is 4.38. The van der Waals surface area contributed by atoms with Gasteiger partial charge >= 0.3 is 0 Å². The zero-order valence-electron chi connectivity index (χ0n) is 15.3. The Balaban J connectivity index is 1.54. The third kappa shape index (κ3) is 3.53. The molecular weight excluding hydrogens is 358 g/mol. The van der Waals surface area contributed by atoms with Crippen LogP contribution in [0.5, 0.6) is 0 Å². The van der Waals surface area contributed by atoms with Gasteiger partial charge in [0.05, 0.1) is 5.25 Å². The molecule has 136 valence electrons. The Bertz CT molecular complexity index is 1110. The van der Waals surface area contributed by atoms with Crippen LogP contribution in [-0.4, -0.2) is 26.2 Å². The largest absolute Gasteiger partial charge is 0.411 e. The Morgan fingerprint density at radius 3 is 2.63 bits per heavy atom. The van der Waals surface area contributed by atoms with Gasteiger partial charge < -0.3 is 9.40 Å². The number of hydrogen-bond acceptors (Lipinski definition) is 5. The highest BCUT2D eigenvalue weighted by Gasteiger charge is 2.22. The van der Waals surface area contributed by atoms with E-state index in [-0.39, 0.29) is 11.0 Å². The molecule has 4 aromatic rings. The predicted octanol–water partition coefficient (Wildman–Crippen LogP) is 5.20. The number of benzene rings is 2. The molecule has 0 amide bonds. The lowest BCUT2D eigenvalue weighted by Crippen LogP contribution is -2.13. The highest BCUT2D eigenvalue weighted by molar-refractivity contribution is 8.00. The molecule has 0 saturated carbocycles. The standard InChI is InChI=1S/C21H19N3O2S/c1-12-8-13(2)10-15(9-12)20-23-24-21(26-20)27-14(3)19(25)17-11-22-18-7-5-4-6-16(17)18/h4-11,14,22H,1-3H3. The highest BCUT2D eigenvalue weighted by Crippen LogP contribution is 2.30. The third-order valence-corrected chi connectivity index (χ3v) is 5.31. The van der Waals surface area contributed by atoms with Crippen LogP contribution in [0.2, 0.25) is 0 Å². The van der Waals surface area contributed by atoms with Gasteiger partial charge in [0.15, 0.2) is 5.78 Å². The highest BCUT2D eigenvalue weighted by atomic mass is 32.2. The average molecular weight is 377 g/mol. The number of carbonyl (C=O) groups excluding carboxylic acids is 1. The van der Waals surface area contributed by atoms with Gasteiger partial charge in [-0.05, 0) is 39.0 Å². The molecular formula is C21H19N3O2S. The first kappa shape index (κ1) is 17.5. The summed E-state index contributed by atoms with van der Waals surface area (Å²) in [5, 5.41) is 9.23. The van der Waals surface area contributed by atoms with Crippen LogP contribution in [0.4, 0.5) is 0 Å². The maximum absolute atomic E-state index is 12.9. The molecule has 2 aromatic heterocycles. The number of para-hydroxylation sites is 1. The first-order valence-electron chi connectivity index (χ1n) is 8.70. The molecule has 27 heavy (non-hydrogen) atoms. The molecule has 0 radical (unpaired) electrons. The minimum absolute atomic E-state index is 0.0311. The monoisotopic (exact) mass is 377 g/mol. The van der Waals surface area contributed by atoms with Crippen molar-refractivity contribution in [3.63, 3.8) is 0 Å². The van der Waals surface area contributed by atoms with Crippen molar-refractivity contribution in [2.45, 2.75) is 31.2 Å². The molecule has 1 atom stereocenters. The van der Waals surface area contributed by atoms with Crippen molar-refractivity contribution in [1.29, 1.82) is 0 Å². The van der Waals surface area contributed by atoms with E-state index in [1.54, 1.807) is 6.20 Å². The molecule has 0 fully saturated rings. The van der Waals surface area contributed by atoms with Crippen LogP contribution in [0.25, 0.3) is 22.4 Å². The molecule has 0 aliphatic carbocycles. The van der Waals surface area contributed by atoms with E-state index in [2.05, 4.69) is 21.2 Å². The van der Waals surface area contributed by atoms with Gasteiger partial charge in [-0.1, -0.05) is 47.2 Å². The second-order valence-corrected chi connectivity index (χ2v) is 7.91. The minimum Gasteiger partial charge on any atom is -0.411 e. The van der Waals surface area contributed by atoms with Crippen LogP contribution >= 0.6 is 11.8 Å². The maximum Gasteiger partial charge on any atom is 0.277 e. The number of nitrogens with one attached hydrogen (secondary N) is 1. The minimum atomic E-state index is -0.336. The lowest BCUT2D eigenvalue weighted by atomic mass is 10.1. The van der Waals surface area contributed by atoms with Crippen molar-refractivity contribution in [1.82, 2.24) is 15.2 Å². The van der Waals surface area contributed by atoms with Gasteiger partial charge in [-0.15, -0.1) is 10.2 Å². The van der Waals surface area contributed by atoms with E-state index < -0.39 is 0 Å². The molecule has 5 nitrogen and oxygen atoms in total. The SMILES string of the molecule is Cc1cc(C)cc(-c2nnc(SC(C)C(=O)c3c[nH]c4ccccc34)o2)c1. The number of H-pyrrole nitrogens is 1. The van der Waals surface area contributed by atoms with Crippen molar-refractivity contribution in [3.05, 3.63) is 65.4 Å². The fourth-order valence-electron chi connectivity index (χ4n) is 3.17. The Labute approximate surface area is 161 Å². The molecule has 0 aliphatic rings. The normalized spacial score (nSPS) is 12.4. The smallest absolute Gasteiger partial charge is 0.277 e. The van der Waals surface area contributed by atoms with Crippen molar-refractivity contribution in [3.8, 4) is 11.5 Å². The van der Waals surface area contributed by atoms with Crippen molar-refractivity contribution < 1.29 is 9.21 Å². The van der Waals surface area contributed by atoms with E-state index in [0.29, 0.717) is 16.7 Å². The van der Waals surface area contributed by atoms with Gasteiger partial charge in [0.1, 0.15) is 0 Å². The van der Waals surface area contributed by atoms with Gasteiger partial charge in [0.2, 0.25) is 5.89 Å². The summed E-state index contributed by atoms with van der Waals surface area (Å²) in [4.78, 5) is 16.0. The number of fused-ring (bicyclic) bond motifs is 1. The molecule has 0 spiro atoms. The van der Waals surface area contributed by atoms with Crippen molar-refractivity contribution in [2.24, 2.45) is 0 Å².